The Morgan fingerprint density at radius 1 is 1.39 bits per heavy atom. The van der Waals surface area contributed by atoms with Crippen LogP contribution in [0.1, 0.15) is 25.6 Å². The summed E-state index contributed by atoms with van der Waals surface area (Å²) in [5.41, 5.74) is 0.106. The highest BCUT2D eigenvalue weighted by Crippen LogP contribution is 2.31. The molecule has 2 heterocycles. The van der Waals surface area contributed by atoms with Crippen molar-refractivity contribution in [2.45, 2.75) is 25.9 Å². The van der Waals surface area contributed by atoms with Crippen molar-refractivity contribution in [2.75, 3.05) is 25.0 Å². The van der Waals surface area contributed by atoms with Gasteiger partial charge in [-0.05, 0) is 31.3 Å². The lowest BCUT2D eigenvalue weighted by Crippen LogP contribution is -2.39. The van der Waals surface area contributed by atoms with E-state index in [1.54, 1.807) is 0 Å². The Hall–Kier alpha value is -0.890. The molecule has 1 aliphatic heterocycles. The molecule has 0 bridgehead atoms. The Morgan fingerprint density at radius 3 is 2.61 bits per heavy atom. The molecule has 1 aromatic heterocycles. The molecule has 2 rings (SSSR count). The topological polar surface area (TPSA) is 49.8 Å². The maximum absolute atomic E-state index is 12.3. The van der Waals surface area contributed by atoms with E-state index in [2.05, 4.69) is 26.9 Å². The molecule has 8 heteroatoms. The maximum Gasteiger partial charge on any atom is 0.452 e. The lowest BCUT2D eigenvalue weighted by Gasteiger charge is -2.33. The third-order valence-corrected chi connectivity index (χ3v) is 3.83. The zero-order valence-corrected chi connectivity index (χ0v) is 10.8. The van der Waals surface area contributed by atoms with Crippen LogP contribution >= 0.6 is 11.5 Å². The molecule has 0 atom stereocenters. The van der Waals surface area contributed by atoms with Crippen molar-refractivity contribution in [1.82, 2.24) is 14.7 Å². The van der Waals surface area contributed by atoms with E-state index < -0.39 is 12.0 Å². The molecule has 0 unspecified atom stereocenters. The summed E-state index contributed by atoms with van der Waals surface area (Å²) in [6.45, 7) is 4.65. The van der Waals surface area contributed by atoms with Gasteiger partial charge in [0.2, 0.25) is 11.0 Å². The van der Waals surface area contributed by atoms with Gasteiger partial charge in [-0.3, -0.25) is 0 Å². The summed E-state index contributed by atoms with van der Waals surface area (Å²) in [5, 5.41) is 6.46. The number of nitrogens with zero attached hydrogens (tertiary/aromatic N) is 2. The van der Waals surface area contributed by atoms with E-state index in [9.17, 15) is 13.2 Å². The minimum Gasteiger partial charge on any atom is -0.360 e. The Morgan fingerprint density at radius 2 is 2.06 bits per heavy atom. The number of hydrogen-bond donors (Lipinski definition) is 2. The molecule has 0 aliphatic carbocycles. The fraction of sp³-hybridized carbons (Fsp3) is 0.800. The van der Waals surface area contributed by atoms with Crippen molar-refractivity contribution in [3.63, 3.8) is 0 Å². The van der Waals surface area contributed by atoms with E-state index in [1.807, 2.05) is 0 Å². The van der Waals surface area contributed by atoms with E-state index in [1.165, 1.54) is 0 Å². The zero-order valence-electron chi connectivity index (χ0n) is 9.97. The van der Waals surface area contributed by atoms with Gasteiger partial charge in [-0.15, -0.1) is 0 Å². The predicted octanol–water partition coefficient (Wildman–Crippen LogP) is 2.36. The molecule has 0 radical (unpaired) electrons. The van der Waals surface area contributed by atoms with Crippen molar-refractivity contribution in [3.8, 4) is 0 Å². The van der Waals surface area contributed by atoms with Crippen molar-refractivity contribution < 1.29 is 13.2 Å². The quantitative estimate of drug-likeness (QED) is 0.892. The Labute approximate surface area is 107 Å². The van der Waals surface area contributed by atoms with E-state index >= 15 is 0 Å². The molecule has 4 nitrogen and oxygen atoms in total. The van der Waals surface area contributed by atoms with Gasteiger partial charge < -0.3 is 10.6 Å². The van der Waals surface area contributed by atoms with Crippen LogP contribution in [-0.4, -0.2) is 29.0 Å². The highest BCUT2D eigenvalue weighted by atomic mass is 32.1. The number of halogens is 3. The molecule has 1 saturated heterocycles. The molecule has 0 aromatic carbocycles. The van der Waals surface area contributed by atoms with Gasteiger partial charge in [0, 0.05) is 18.1 Å². The number of piperidine rings is 1. The summed E-state index contributed by atoms with van der Waals surface area (Å²) in [6, 6.07) is 0. The van der Waals surface area contributed by atoms with Crippen molar-refractivity contribution in [2.24, 2.45) is 5.41 Å². The number of nitrogens with one attached hydrogen (secondary N) is 2. The summed E-state index contributed by atoms with van der Waals surface area (Å²) in [7, 11) is 0. The standard InChI is InChI=1S/C10H15F3N4S/c1-9(2-4-14-5-3-9)6-15-8-16-7(17-18-8)10(11,12)13/h14H,2-6H2,1H3,(H,15,16,17). The Bertz CT molecular complexity index is 398. The van der Waals surface area contributed by atoms with Crippen LogP contribution in [0.5, 0.6) is 0 Å². The number of aromatic nitrogens is 2. The first-order valence-corrected chi connectivity index (χ1v) is 6.52. The highest BCUT2D eigenvalue weighted by Gasteiger charge is 2.36. The molecular formula is C10H15F3N4S. The average Bonchev–Trinajstić information content (AvgIpc) is 2.76. The summed E-state index contributed by atoms with van der Waals surface area (Å²) in [4.78, 5) is 3.45. The lowest BCUT2D eigenvalue weighted by atomic mass is 9.81. The fourth-order valence-electron chi connectivity index (χ4n) is 1.91. The van der Waals surface area contributed by atoms with Crippen LogP contribution in [0.15, 0.2) is 0 Å². The van der Waals surface area contributed by atoms with Gasteiger partial charge in [-0.25, -0.2) is 0 Å². The molecule has 0 spiro atoms. The van der Waals surface area contributed by atoms with Crippen molar-refractivity contribution >= 4 is 16.7 Å². The van der Waals surface area contributed by atoms with E-state index in [-0.39, 0.29) is 10.5 Å². The smallest absolute Gasteiger partial charge is 0.360 e. The zero-order chi connectivity index (χ0) is 13.2. The van der Waals surface area contributed by atoms with Gasteiger partial charge in [-0.2, -0.15) is 22.5 Å². The third-order valence-electron chi connectivity index (χ3n) is 3.16. The van der Waals surface area contributed by atoms with Gasteiger partial charge in [-0.1, -0.05) is 6.92 Å². The first-order chi connectivity index (χ1) is 8.39. The second kappa shape index (κ2) is 5.00. The van der Waals surface area contributed by atoms with Gasteiger partial charge in [0.15, 0.2) is 0 Å². The molecule has 1 aliphatic rings. The van der Waals surface area contributed by atoms with Crippen LogP contribution in [0.3, 0.4) is 0 Å². The van der Waals surface area contributed by atoms with Crippen LogP contribution in [0, 0.1) is 5.41 Å². The van der Waals surface area contributed by atoms with Crippen molar-refractivity contribution in [1.29, 1.82) is 0 Å². The number of anilines is 1. The minimum absolute atomic E-state index is 0.106. The van der Waals surface area contributed by atoms with E-state index in [0.717, 1.165) is 37.5 Å². The number of rotatable bonds is 3. The van der Waals surface area contributed by atoms with Crippen LogP contribution < -0.4 is 10.6 Å². The largest absolute Gasteiger partial charge is 0.452 e. The molecule has 1 fully saturated rings. The van der Waals surface area contributed by atoms with Crippen LogP contribution in [0.2, 0.25) is 0 Å². The van der Waals surface area contributed by atoms with Gasteiger partial charge >= 0.3 is 6.18 Å². The molecule has 2 N–H and O–H groups in total. The lowest BCUT2D eigenvalue weighted by molar-refractivity contribution is -0.144. The minimum atomic E-state index is -4.46. The van der Waals surface area contributed by atoms with Gasteiger partial charge in [0.05, 0.1) is 0 Å². The highest BCUT2D eigenvalue weighted by molar-refractivity contribution is 7.09. The average molecular weight is 280 g/mol. The second-order valence-corrected chi connectivity index (χ2v) is 5.59. The summed E-state index contributed by atoms with van der Waals surface area (Å²) in [5.74, 6) is -1.06. The molecule has 102 valence electrons. The summed E-state index contributed by atoms with van der Waals surface area (Å²) >= 11 is 0.756. The molecule has 0 saturated carbocycles. The second-order valence-electron chi connectivity index (χ2n) is 4.84. The first-order valence-electron chi connectivity index (χ1n) is 5.75. The van der Waals surface area contributed by atoms with Crippen LogP contribution in [-0.2, 0) is 6.18 Å². The molecule has 1 aromatic rings. The predicted molar refractivity (Wildman–Crippen MR) is 63.6 cm³/mol. The Kier molecular flexibility index (Phi) is 3.76. The SMILES string of the molecule is CC1(CNc2nc(C(F)(F)F)ns2)CCNCC1. The monoisotopic (exact) mass is 280 g/mol. The summed E-state index contributed by atoms with van der Waals surface area (Å²) < 4.78 is 40.3. The molecule has 0 amide bonds. The summed E-state index contributed by atoms with van der Waals surface area (Å²) in [6.07, 6.45) is -2.45. The maximum atomic E-state index is 12.3. The van der Waals surface area contributed by atoms with Gasteiger partial charge in [0.1, 0.15) is 0 Å². The van der Waals surface area contributed by atoms with E-state index in [0.29, 0.717) is 6.54 Å². The number of hydrogen-bond acceptors (Lipinski definition) is 5. The van der Waals surface area contributed by atoms with Crippen LogP contribution in [0.25, 0.3) is 0 Å². The van der Waals surface area contributed by atoms with Crippen molar-refractivity contribution in [3.05, 3.63) is 5.82 Å². The fourth-order valence-corrected chi connectivity index (χ4v) is 2.49. The van der Waals surface area contributed by atoms with Gasteiger partial charge in [0.25, 0.3) is 0 Å². The van der Waals surface area contributed by atoms with Crippen LogP contribution in [0.4, 0.5) is 18.3 Å². The third kappa shape index (κ3) is 3.32. The number of alkyl halides is 3. The Balaban J connectivity index is 1.92. The first kappa shape index (κ1) is 13.5. The molecule has 18 heavy (non-hydrogen) atoms. The molecular weight excluding hydrogens is 265 g/mol. The normalized spacial score (nSPS) is 19.8. The van der Waals surface area contributed by atoms with E-state index in [4.69, 9.17) is 0 Å².